The molecule has 0 spiro atoms. The number of fused-ring (bicyclic) bond motifs is 1. The van der Waals surface area contributed by atoms with E-state index in [2.05, 4.69) is 75.6 Å². The van der Waals surface area contributed by atoms with Crippen molar-refractivity contribution in [3.05, 3.63) is 75.9 Å². The van der Waals surface area contributed by atoms with Gasteiger partial charge in [-0.05, 0) is 42.8 Å². The highest BCUT2D eigenvalue weighted by molar-refractivity contribution is 9.10. The molecule has 21 heavy (non-hydrogen) atoms. The summed E-state index contributed by atoms with van der Waals surface area (Å²) in [6.07, 6.45) is 1.85. The summed E-state index contributed by atoms with van der Waals surface area (Å²) in [7, 11) is 1.99. The fourth-order valence-electron chi connectivity index (χ4n) is 2.78. The normalized spacial score (nSPS) is 12.5. The van der Waals surface area contributed by atoms with E-state index < -0.39 is 0 Å². The third kappa shape index (κ3) is 2.59. The van der Waals surface area contributed by atoms with Crippen LogP contribution >= 0.6 is 15.9 Å². The maximum absolute atomic E-state index is 4.58. The largest absolute Gasteiger partial charge is 0.309 e. The van der Waals surface area contributed by atoms with Crippen molar-refractivity contribution in [2.45, 2.75) is 13.0 Å². The molecule has 2 nitrogen and oxygen atoms in total. The first-order valence-corrected chi connectivity index (χ1v) is 7.77. The number of halogens is 1. The molecule has 0 aliphatic heterocycles. The van der Waals surface area contributed by atoms with Gasteiger partial charge in [0.05, 0.1) is 11.6 Å². The molecule has 0 aliphatic carbocycles. The zero-order valence-corrected chi connectivity index (χ0v) is 13.7. The average molecular weight is 341 g/mol. The predicted molar refractivity (Wildman–Crippen MR) is 91.5 cm³/mol. The molecule has 0 fully saturated rings. The molecule has 0 aliphatic rings. The number of pyridine rings is 1. The minimum Gasteiger partial charge on any atom is -0.309 e. The molecule has 0 saturated heterocycles. The van der Waals surface area contributed by atoms with Gasteiger partial charge in [-0.2, -0.15) is 0 Å². The predicted octanol–water partition coefficient (Wildman–Crippen LogP) is 4.61. The first kappa shape index (κ1) is 14.2. The van der Waals surface area contributed by atoms with Crippen LogP contribution in [0.3, 0.4) is 0 Å². The summed E-state index contributed by atoms with van der Waals surface area (Å²) in [5.41, 5.74) is 4.78. The van der Waals surface area contributed by atoms with Crippen molar-refractivity contribution in [1.29, 1.82) is 0 Å². The maximum atomic E-state index is 4.58. The Balaban J connectivity index is 2.21. The molecule has 1 aromatic heterocycles. The van der Waals surface area contributed by atoms with Crippen molar-refractivity contribution < 1.29 is 0 Å². The second-order valence-electron chi connectivity index (χ2n) is 5.10. The highest BCUT2D eigenvalue weighted by atomic mass is 79.9. The van der Waals surface area contributed by atoms with Crippen molar-refractivity contribution in [2.75, 3.05) is 7.05 Å². The van der Waals surface area contributed by atoms with Crippen molar-refractivity contribution in [2.24, 2.45) is 0 Å². The Morgan fingerprint density at radius 1 is 1.00 bits per heavy atom. The third-order valence-electron chi connectivity index (χ3n) is 3.88. The van der Waals surface area contributed by atoms with Crippen LogP contribution in [0.1, 0.15) is 22.7 Å². The number of hydrogen-bond acceptors (Lipinski definition) is 2. The minimum atomic E-state index is 0.126. The first-order valence-electron chi connectivity index (χ1n) is 6.98. The topological polar surface area (TPSA) is 24.9 Å². The van der Waals surface area contributed by atoms with Gasteiger partial charge < -0.3 is 5.32 Å². The van der Waals surface area contributed by atoms with Crippen LogP contribution in [0.5, 0.6) is 0 Å². The Kier molecular flexibility index (Phi) is 4.04. The Labute approximate surface area is 133 Å². The molecule has 3 aromatic rings. The molecule has 0 amide bonds. The van der Waals surface area contributed by atoms with Crippen LogP contribution < -0.4 is 5.32 Å². The lowest BCUT2D eigenvalue weighted by Crippen LogP contribution is -2.19. The Hall–Kier alpha value is -1.71. The zero-order chi connectivity index (χ0) is 14.8. The SMILES string of the molecule is CNC(c1cccc(Br)c1C)c1cccc2cccnc12. The molecule has 1 heterocycles. The molecule has 3 rings (SSSR count). The van der Waals surface area contributed by atoms with Gasteiger partial charge in [-0.3, -0.25) is 4.98 Å². The average Bonchev–Trinajstić information content (AvgIpc) is 2.52. The van der Waals surface area contributed by atoms with E-state index in [4.69, 9.17) is 0 Å². The molecule has 2 aromatic carbocycles. The van der Waals surface area contributed by atoms with E-state index in [-0.39, 0.29) is 6.04 Å². The number of nitrogens with one attached hydrogen (secondary N) is 1. The number of aromatic nitrogens is 1. The highest BCUT2D eigenvalue weighted by Crippen LogP contribution is 2.31. The lowest BCUT2D eigenvalue weighted by atomic mass is 9.93. The molecule has 0 bridgehead atoms. The molecule has 0 saturated carbocycles. The molecular weight excluding hydrogens is 324 g/mol. The van der Waals surface area contributed by atoms with E-state index in [1.807, 2.05) is 19.3 Å². The van der Waals surface area contributed by atoms with Gasteiger partial charge in [-0.25, -0.2) is 0 Å². The quantitative estimate of drug-likeness (QED) is 0.752. The number of benzene rings is 2. The number of hydrogen-bond donors (Lipinski definition) is 1. The van der Waals surface area contributed by atoms with Crippen molar-refractivity contribution >= 4 is 26.8 Å². The second-order valence-corrected chi connectivity index (χ2v) is 5.95. The van der Waals surface area contributed by atoms with Gasteiger partial charge in [0.15, 0.2) is 0 Å². The Morgan fingerprint density at radius 2 is 1.71 bits per heavy atom. The minimum absolute atomic E-state index is 0.126. The van der Waals surface area contributed by atoms with E-state index in [1.165, 1.54) is 22.1 Å². The maximum Gasteiger partial charge on any atom is 0.0753 e. The van der Waals surface area contributed by atoms with Crippen LogP contribution in [0, 0.1) is 6.92 Å². The van der Waals surface area contributed by atoms with E-state index in [0.717, 1.165) is 9.99 Å². The third-order valence-corrected chi connectivity index (χ3v) is 4.74. The number of nitrogens with zero attached hydrogens (tertiary/aromatic N) is 1. The summed E-state index contributed by atoms with van der Waals surface area (Å²) in [6, 6.07) is 16.9. The molecule has 106 valence electrons. The first-order chi connectivity index (χ1) is 10.2. The lowest BCUT2D eigenvalue weighted by molar-refractivity contribution is 0.690. The summed E-state index contributed by atoms with van der Waals surface area (Å²) in [5.74, 6) is 0. The van der Waals surface area contributed by atoms with Crippen LogP contribution in [0.15, 0.2) is 59.2 Å². The fourth-order valence-corrected chi connectivity index (χ4v) is 3.16. The summed E-state index contributed by atoms with van der Waals surface area (Å²) >= 11 is 3.62. The Bertz CT molecular complexity index is 778. The summed E-state index contributed by atoms with van der Waals surface area (Å²) < 4.78 is 1.13. The van der Waals surface area contributed by atoms with Gasteiger partial charge in [-0.15, -0.1) is 0 Å². The van der Waals surface area contributed by atoms with Crippen molar-refractivity contribution in [3.63, 3.8) is 0 Å². The molecular formula is C18H17BrN2. The van der Waals surface area contributed by atoms with Crippen LogP contribution in [-0.2, 0) is 0 Å². The molecule has 0 radical (unpaired) electrons. The van der Waals surface area contributed by atoms with Crippen molar-refractivity contribution in [1.82, 2.24) is 10.3 Å². The standard InChI is InChI=1S/C18H17BrN2/c1-12-14(8-4-10-16(12)19)18(20-2)15-9-3-6-13-7-5-11-21-17(13)15/h3-11,18,20H,1-2H3. The van der Waals surface area contributed by atoms with E-state index in [0.29, 0.717) is 0 Å². The second kappa shape index (κ2) is 5.96. The summed E-state index contributed by atoms with van der Waals surface area (Å²) in [6.45, 7) is 2.14. The highest BCUT2D eigenvalue weighted by Gasteiger charge is 2.18. The van der Waals surface area contributed by atoms with Gasteiger partial charge in [0.25, 0.3) is 0 Å². The molecule has 1 N–H and O–H groups in total. The van der Waals surface area contributed by atoms with Crippen LogP contribution in [0.4, 0.5) is 0 Å². The van der Waals surface area contributed by atoms with E-state index in [9.17, 15) is 0 Å². The summed E-state index contributed by atoms with van der Waals surface area (Å²) in [4.78, 5) is 4.58. The van der Waals surface area contributed by atoms with E-state index >= 15 is 0 Å². The van der Waals surface area contributed by atoms with Gasteiger partial charge >= 0.3 is 0 Å². The van der Waals surface area contributed by atoms with Crippen LogP contribution in [0.2, 0.25) is 0 Å². The molecule has 3 heteroatoms. The zero-order valence-electron chi connectivity index (χ0n) is 12.1. The summed E-state index contributed by atoms with van der Waals surface area (Å²) in [5, 5.41) is 4.60. The monoisotopic (exact) mass is 340 g/mol. The van der Waals surface area contributed by atoms with Crippen LogP contribution in [0.25, 0.3) is 10.9 Å². The molecule has 1 atom stereocenters. The van der Waals surface area contributed by atoms with E-state index in [1.54, 1.807) is 0 Å². The number of para-hydroxylation sites is 1. The molecule has 1 unspecified atom stereocenters. The fraction of sp³-hybridized carbons (Fsp3) is 0.167. The van der Waals surface area contributed by atoms with Gasteiger partial charge in [-0.1, -0.05) is 52.3 Å². The smallest absolute Gasteiger partial charge is 0.0753 e. The Morgan fingerprint density at radius 3 is 2.52 bits per heavy atom. The van der Waals surface area contributed by atoms with Crippen molar-refractivity contribution in [3.8, 4) is 0 Å². The van der Waals surface area contributed by atoms with Gasteiger partial charge in [0.2, 0.25) is 0 Å². The lowest BCUT2D eigenvalue weighted by Gasteiger charge is -2.21. The van der Waals surface area contributed by atoms with Gasteiger partial charge in [0, 0.05) is 16.1 Å². The number of rotatable bonds is 3. The van der Waals surface area contributed by atoms with Gasteiger partial charge in [0.1, 0.15) is 0 Å². The van der Waals surface area contributed by atoms with Crippen LogP contribution in [-0.4, -0.2) is 12.0 Å².